The Bertz CT molecular complexity index is 435. The summed E-state index contributed by atoms with van der Waals surface area (Å²) < 4.78 is 1.14. The fourth-order valence-electron chi connectivity index (χ4n) is 1.10. The molecule has 1 aromatic carbocycles. The molecule has 4 heteroatoms. The third-order valence-electron chi connectivity index (χ3n) is 1.69. The van der Waals surface area contributed by atoms with E-state index in [2.05, 4.69) is 0 Å². The lowest BCUT2D eigenvalue weighted by atomic mass is 10.2. The number of hydrogen-bond donors (Lipinski definition) is 0. The van der Waals surface area contributed by atoms with E-state index in [1.807, 2.05) is 11.4 Å². The predicted octanol–water partition coefficient (Wildman–Crippen LogP) is 2.54. The Morgan fingerprint density at radius 3 is 2.92 bits per heavy atom. The molecule has 0 saturated heterocycles. The van der Waals surface area contributed by atoms with Gasteiger partial charge in [-0.1, -0.05) is 0 Å². The van der Waals surface area contributed by atoms with Crippen molar-refractivity contribution >= 4 is 27.1 Å². The minimum absolute atomic E-state index is 0.163. The molecule has 1 aromatic heterocycles. The average Bonchev–Trinajstić information content (AvgIpc) is 2.49. The van der Waals surface area contributed by atoms with Gasteiger partial charge in [-0.25, -0.2) is 0 Å². The zero-order valence-electron chi connectivity index (χ0n) is 6.10. The van der Waals surface area contributed by atoms with Gasteiger partial charge in [0.25, 0.3) is 5.69 Å². The Morgan fingerprint density at radius 2 is 2.17 bits per heavy atom. The van der Waals surface area contributed by atoms with Crippen molar-refractivity contribution in [3.05, 3.63) is 39.8 Å². The lowest BCUT2D eigenvalue weighted by Crippen LogP contribution is -1.85. The van der Waals surface area contributed by atoms with Crippen LogP contribution in [0.25, 0.3) is 10.1 Å². The van der Waals surface area contributed by atoms with Crippen molar-refractivity contribution in [2.24, 2.45) is 0 Å². The van der Waals surface area contributed by atoms with Gasteiger partial charge in [-0.3, -0.25) is 10.1 Å². The van der Waals surface area contributed by atoms with Crippen molar-refractivity contribution in [2.45, 2.75) is 0 Å². The number of nitrogens with zero attached hydrogens (tertiary/aromatic N) is 1. The molecule has 60 valence electrons. The molecule has 0 N–H and O–H groups in total. The van der Waals surface area contributed by atoms with E-state index in [9.17, 15) is 10.1 Å². The SMILES string of the molecule is O=[N+]([O-])c1ccc2[sH+]ccc2c1. The lowest BCUT2D eigenvalue weighted by molar-refractivity contribution is -0.384. The van der Waals surface area contributed by atoms with E-state index in [4.69, 9.17) is 0 Å². The van der Waals surface area contributed by atoms with Crippen molar-refractivity contribution in [3.63, 3.8) is 0 Å². The van der Waals surface area contributed by atoms with E-state index in [0.717, 1.165) is 21.4 Å². The number of hydrogen-bond acceptors (Lipinski definition) is 2. The van der Waals surface area contributed by atoms with Crippen LogP contribution in [-0.2, 0) is 0 Å². The topological polar surface area (TPSA) is 43.1 Å². The van der Waals surface area contributed by atoms with Gasteiger partial charge >= 0.3 is 0 Å². The van der Waals surface area contributed by atoms with Gasteiger partial charge in [-0.05, 0) is 11.3 Å². The minimum Gasteiger partial charge on any atom is -0.258 e. The molecule has 0 amide bonds. The summed E-state index contributed by atoms with van der Waals surface area (Å²) in [7, 11) is 0. The van der Waals surface area contributed by atoms with E-state index >= 15 is 0 Å². The molecule has 0 bridgehead atoms. The second-order valence-corrected chi connectivity index (χ2v) is 3.48. The van der Waals surface area contributed by atoms with Crippen molar-refractivity contribution in [1.29, 1.82) is 0 Å². The van der Waals surface area contributed by atoms with Crippen LogP contribution in [0.3, 0.4) is 0 Å². The van der Waals surface area contributed by atoms with Crippen LogP contribution in [0.5, 0.6) is 0 Å². The predicted molar refractivity (Wildman–Crippen MR) is 49.9 cm³/mol. The zero-order chi connectivity index (χ0) is 8.55. The van der Waals surface area contributed by atoms with Gasteiger partial charge in [0.15, 0.2) is 4.70 Å². The van der Waals surface area contributed by atoms with Crippen molar-refractivity contribution in [3.8, 4) is 0 Å². The molecule has 0 aliphatic heterocycles. The van der Waals surface area contributed by atoms with Crippen LogP contribution in [0.2, 0.25) is 0 Å². The Kier molecular flexibility index (Phi) is 1.55. The highest BCUT2D eigenvalue weighted by Crippen LogP contribution is 2.24. The van der Waals surface area contributed by atoms with Gasteiger partial charge in [0.1, 0.15) is 5.38 Å². The maximum absolute atomic E-state index is 10.4. The second kappa shape index (κ2) is 2.57. The van der Waals surface area contributed by atoms with Crippen LogP contribution in [-0.4, -0.2) is 4.92 Å². The summed E-state index contributed by atoms with van der Waals surface area (Å²) in [6, 6.07) is 6.85. The summed E-state index contributed by atoms with van der Waals surface area (Å²) >= 11 is 1.13. The molecule has 0 aliphatic rings. The summed E-state index contributed by atoms with van der Waals surface area (Å²) in [5.41, 5.74) is 0.163. The normalized spacial score (nSPS) is 10.3. The van der Waals surface area contributed by atoms with E-state index in [1.165, 1.54) is 0 Å². The van der Waals surface area contributed by atoms with Gasteiger partial charge in [0.05, 0.1) is 4.92 Å². The molecule has 0 radical (unpaired) electrons. The van der Waals surface area contributed by atoms with Crippen molar-refractivity contribution < 1.29 is 4.92 Å². The number of benzene rings is 1. The first-order valence-electron chi connectivity index (χ1n) is 3.43. The van der Waals surface area contributed by atoms with Crippen molar-refractivity contribution in [1.82, 2.24) is 0 Å². The van der Waals surface area contributed by atoms with Crippen LogP contribution in [0, 0.1) is 10.1 Å². The summed E-state index contributed by atoms with van der Waals surface area (Å²) in [6.07, 6.45) is 0. The maximum Gasteiger partial charge on any atom is 0.270 e. The third kappa shape index (κ3) is 1.06. The number of fused-ring (bicyclic) bond motifs is 1. The highest BCUT2D eigenvalue weighted by atomic mass is 32.1. The van der Waals surface area contributed by atoms with E-state index in [1.54, 1.807) is 18.2 Å². The number of thiophene rings is 1. The van der Waals surface area contributed by atoms with Gasteiger partial charge in [0.2, 0.25) is 0 Å². The molecule has 2 rings (SSSR count). The van der Waals surface area contributed by atoms with Crippen LogP contribution < -0.4 is 0 Å². The van der Waals surface area contributed by atoms with Crippen LogP contribution in [0.15, 0.2) is 29.6 Å². The van der Waals surface area contributed by atoms with Crippen LogP contribution in [0.1, 0.15) is 0 Å². The Morgan fingerprint density at radius 1 is 1.33 bits per heavy atom. The fourth-order valence-corrected chi connectivity index (χ4v) is 1.95. The summed E-state index contributed by atoms with van der Waals surface area (Å²) in [5, 5.41) is 13.3. The molecule has 0 fully saturated rings. The van der Waals surface area contributed by atoms with Gasteiger partial charge in [0, 0.05) is 29.7 Å². The molecule has 0 atom stereocenters. The molecular weight excluding hydrogens is 174 g/mol. The summed E-state index contributed by atoms with van der Waals surface area (Å²) in [4.78, 5) is 10.0. The highest BCUT2D eigenvalue weighted by Gasteiger charge is 2.08. The Labute approximate surface area is 72.4 Å². The maximum atomic E-state index is 10.4. The molecule has 0 unspecified atom stereocenters. The van der Waals surface area contributed by atoms with Gasteiger partial charge in [-0.2, -0.15) is 0 Å². The zero-order valence-corrected chi connectivity index (χ0v) is 6.99. The van der Waals surface area contributed by atoms with E-state index in [-0.39, 0.29) is 10.6 Å². The van der Waals surface area contributed by atoms with Crippen molar-refractivity contribution in [2.75, 3.05) is 0 Å². The Hall–Kier alpha value is -1.42. The number of rotatable bonds is 1. The van der Waals surface area contributed by atoms with Gasteiger partial charge in [-0.15, -0.1) is 0 Å². The molecule has 0 aliphatic carbocycles. The van der Waals surface area contributed by atoms with E-state index in [0.29, 0.717) is 0 Å². The molecule has 2 aromatic rings. The molecule has 3 nitrogen and oxygen atoms in total. The quantitative estimate of drug-likeness (QED) is 0.384. The van der Waals surface area contributed by atoms with Crippen LogP contribution in [0.4, 0.5) is 5.69 Å². The first-order valence-corrected chi connectivity index (χ1v) is 4.39. The largest absolute Gasteiger partial charge is 0.270 e. The second-order valence-electron chi connectivity index (χ2n) is 2.45. The summed E-state index contributed by atoms with van der Waals surface area (Å²) in [5.74, 6) is 0. The number of nitro benzene ring substituents is 1. The molecule has 0 spiro atoms. The highest BCUT2D eigenvalue weighted by molar-refractivity contribution is 7.17. The van der Waals surface area contributed by atoms with Gasteiger partial charge < -0.3 is 0 Å². The smallest absolute Gasteiger partial charge is 0.258 e. The summed E-state index contributed by atoms with van der Waals surface area (Å²) in [6.45, 7) is 0. The molecular formula is C8H6NO2S+. The average molecular weight is 180 g/mol. The molecule has 1 heterocycles. The fraction of sp³-hybridized carbons (Fsp3) is 0. The molecule has 12 heavy (non-hydrogen) atoms. The standard InChI is InChI=1S/C8H5NO2S/c10-9(11)7-1-2-8-6(5-7)3-4-12-8/h1-5H/p+1. The Balaban J connectivity index is 2.68. The monoisotopic (exact) mass is 180 g/mol. The minimum atomic E-state index is -0.372. The van der Waals surface area contributed by atoms with E-state index < -0.39 is 0 Å². The lowest BCUT2D eigenvalue weighted by Gasteiger charge is -1.87. The number of nitro groups is 1. The third-order valence-corrected chi connectivity index (χ3v) is 2.67. The first kappa shape index (κ1) is 7.24. The number of non-ortho nitro benzene ring substituents is 1. The first-order chi connectivity index (χ1) is 5.77. The van der Waals surface area contributed by atoms with Crippen LogP contribution >= 0.6 is 11.3 Å². The molecule has 0 saturated carbocycles.